The van der Waals surface area contributed by atoms with Gasteiger partial charge in [-0.15, -0.1) is 0 Å². The highest BCUT2D eigenvalue weighted by Crippen LogP contribution is 2.54. The molecule has 3 nitrogen and oxygen atoms in total. The fourth-order valence-electron chi connectivity index (χ4n) is 13.3. The predicted octanol–water partition coefficient (Wildman–Crippen LogP) is 20.6. The molecule has 0 amide bonds. The topological polar surface area (TPSA) is 19.4 Å². The van der Waals surface area contributed by atoms with E-state index in [0.29, 0.717) is 0 Å². The number of benzene rings is 12. The van der Waals surface area contributed by atoms with E-state index in [4.69, 9.17) is 4.98 Å². The molecule has 2 aliphatic rings. The summed E-state index contributed by atoms with van der Waals surface area (Å²) in [5.74, 6) is 0. The van der Waals surface area contributed by atoms with Gasteiger partial charge in [0, 0.05) is 50.2 Å². The Morgan fingerprint density at radius 1 is 0.282 bits per heavy atom. The third kappa shape index (κ3) is 7.08. The minimum atomic E-state index is -0.204. The predicted molar refractivity (Wildman–Crippen MR) is 330 cm³/mol. The van der Waals surface area contributed by atoms with Crippen LogP contribution in [0.5, 0.6) is 0 Å². The summed E-state index contributed by atoms with van der Waals surface area (Å²) < 4.78 is 0. The maximum atomic E-state index is 5.80. The van der Waals surface area contributed by atoms with Gasteiger partial charge in [-0.3, -0.25) is 4.98 Å². The Hall–Kier alpha value is -9.57. The van der Waals surface area contributed by atoms with Crippen LogP contribution >= 0.6 is 0 Å². The molecule has 3 heteroatoms. The molecular formula is C75H55N3. The van der Waals surface area contributed by atoms with E-state index in [1.54, 1.807) is 0 Å². The zero-order valence-corrected chi connectivity index (χ0v) is 44.2. The summed E-state index contributed by atoms with van der Waals surface area (Å²) in [5, 5.41) is 8.20. The van der Waals surface area contributed by atoms with Crippen molar-refractivity contribution in [3.05, 3.63) is 283 Å². The summed E-state index contributed by atoms with van der Waals surface area (Å²) in [6.45, 7) is 9.52. The zero-order valence-electron chi connectivity index (χ0n) is 44.2. The monoisotopic (exact) mass is 997 g/mol. The number of aromatic nitrogens is 1. The first-order valence-electron chi connectivity index (χ1n) is 27.3. The van der Waals surface area contributed by atoms with Gasteiger partial charge in [0.15, 0.2) is 0 Å². The molecule has 13 aromatic rings. The van der Waals surface area contributed by atoms with E-state index < -0.39 is 0 Å². The van der Waals surface area contributed by atoms with Crippen LogP contribution in [-0.2, 0) is 10.8 Å². The fraction of sp³-hybridized carbons (Fsp3) is 0.0800. The Morgan fingerprint density at radius 2 is 0.705 bits per heavy atom. The molecule has 78 heavy (non-hydrogen) atoms. The van der Waals surface area contributed by atoms with Gasteiger partial charge in [0.25, 0.3) is 0 Å². The Bertz CT molecular complexity index is 4280. The van der Waals surface area contributed by atoms with Crippen molar-refractivity contribution in [2.45, 2.75) is 38.5 Å². The van der Waals surface area contributed by atoms with Crippen molar-refractivity contribution in [3.63, 3.8) is 0 Å². The van der Waals surface area contributed by atoms with E-state index in [0.717, 1.165) is 67.1 Å². The Labute approximate surface area is 456 Å². The summed E-state index contributed by atoms with van der Waals surface area (Å²) in [7, 11) is 0. The molecule has 15 rings (SSSR count). The van der Waals surface area contributed by atoms with Crippen LogP contribution in [0.2, 0.25) is 0 Å². The highest BCUT2D eigenvalue weighted by Gasteiger charge is 2.37. The van der Waals surface area contributed by atoms with E-state index in [1.165, 1.54) is 77.0 Å². The summed E-state index contributed by atoms with van der Waals surface area (Å²) in [5.41, 5.74) is 22.1. The van der Waals surface area contributed by atoms with Crippen molar-refractivity contribution >= 4 is 77.3 Å². The number of rotatable bonds is 8. The second-order valence-electron chi connectivity index (χ2n) is 22.3. The van der Waals surface area contributed by atoms with Gasteiger partial charge in [-0.1, -0.05) is 204 Å². The van der Waals surface area contributed by atoms with Crippen LogP contribution in [0.1, 0.15) is 49.9 Å². The third-order valence-corrected chi connectivity index (χ3v) is 17.2. The average Bonchev–Trinajstić information content (AvgIpc) is 3.85. The SMILES string of the molecule is CC1(C)c2ccccc2-c2ccc(-c3c4ccc(N(c5ccccc5)c5ccc6ccccc6c5)cc4c(-c4ccc5c(c4)C(C)(C)c4ccccc4-5)c4ncc(N(c5ccccc5)c5ccc6ccccc6c5)cc34)cc21. The lowest BCUT2D eigenvalue weighted by atomic mass is 9.80. The van der Waals surface area contributed by atoms with Crippen LogP contribution < -0.4 is 9.80 Å². The Balaban J connectivity index is 1.05. The minimum absolute atomic E-state index is 0.199. The zero-order chi connectivity index (χ0) is 52.3. The molecule has 0 fully saturated rings. The Kier molecular flexibility index (Phi) is 10.3. The molecule has 0 unspecified atom stereocenters. The quantitative estimate of drug-likeness (QED) is 0.141. The molecule has 0 N–H and O–H groups in total. The van der Waals surface area contributed by atoms with E-state index in [1.807, 2.05) is 0 Å². The lowest BCUT2D eigenvalue weighted by molar-refractivity contribution is 0.660. The number of anilines is 6. The molecule has 1 heterocycles. The number of nitrogens with zero attached hydrogens (tertiary/aromatic N) is 3. The van der Waals surface area contributed by atoms with Crippen molar-refractivity contribution in [3.8, 4) is 44.5 Å². The summed E-state index contributed by atoms with van der Waals surface area (Å²) in [6, 6.07) is 94.3. The number of para-hydroxylation sites is 2. The van der Waals surface area contributed by atoms with E-state index >= 15 is 0 Å². The van der Waals surface area contributed by atoms with Crippen molar-refractivity contribution in [2.75, 3.05) is 9.80 Å². The maximum absolute atomic E-state index is 5.80. The molecule has 2 aliphatic carbocycles. The first kappa shape index (κ1) is 45.8. The molecular weight excluding hydrogens is 943 g/mol. The van der Waals surface area contributed by atoms with Crippen molar-refractivity contribution < 1.29 is 0 Å². The molecule has 0 atom stereocenters. The molecule has 0 aliphatic heterocycles. The summed E-state index contributed by atoms with van der Waals surface area (Å²) in [6.07, 6.45) is 2.11. The highest BCUT2D eigenvalue weighted by molar-refractivity contribution is 6.22. The molecule has 1 aromatic heterocycles. The number of fused-ring (bicyclic) bond motifs is 10. The molecule has 0 spiro atoms. The smallest absolute Gasteiger partial charge is 0.0794 e. The van der Waals surface area contributed by atoms with Crippen molar-refractivity contribution in [1.82, 2.24) is 4.98 Å². The standard InChI is InChI=1S/C75H55N3/c1-74(2)67-29-17-15-27-60(67)62-38-33-52(43-69(62)74)71-64-40-37-58(77(54-23-7-5-8-24-54)56-35-31-48-19-11-13-21-50(48)41-56)45-65(64)72(53-34-39-63-61-28-16-18-30-68(61)75(3,4)70(63)44-53)73-66(71)46-59(47-76-73)78(55-25-9-6-10-26-55)57-36-32-49-20-12-14-22-51(49)42-57/h5-47H,1-4H3. The molecule has 0 bridgehead atoms. The van der Waals surface area contributed by atoms with Crippen LogP contribution in [0.15, 0.2) is 261 Å². The lowest BCUT2D eigenvalue weighted by Gasteiger charge is -2.28. The van der Waals surface area contributed by atoms with Crippen LogP contribution in [0.4, 0.5) is 34.1 Å². The van der Waals surface area contributed by atoms with Crippen LogP contribution in [0.25, 0.3) is 87.7 Å². The van der Waals surface area contributed by atoms with E-state index in [2.05, 4.69) is 298 Å². The van der Waals surface area contributed by atoms with Gasteiger partial charge in [-0.25, -0.2) is 0 Å². The minimum Gasteiger partial charge on any atom is -0.310 e. The third-order valence-electron chi connectivity index (χ3n) is 17.2. The van der Waals surface area contributed by atoms with Gasteiger partial charge in [-0.05, 0) is 172 Å². The molecule has 0 saturated heterocycles. The van der Waals surface area contributed by atoms with Gasteiger partial charge < -0.3 is 9.80 Å². The van der Waals surface area contributed by atoms with Gasteiger partial charge in [0.2, 0.25) is 0 Å². The second kappa shape index (κ2) is 17.5. The van der Waals surface area contributed by atoms with Crippen LogP contribution in [0.3, 0.4) is 0 Å². The second-order valence-corrected chi connectivity index (χ2v) is 22.3. The molecule has 0 saturated carbocycles. The first-order valence-corrected chi connectivity index (χ1v) is 27.3. The largest absolute Gasteiger partial charge is 0.310 e. The van der Waals surface area contributed by atoms with Crippen LogP contribution in [0, 0.1) is 0 Å². The summed E-state index contributed by atoms with van der Waals surface area (Å²) in [4.78, 5) is 10.6. The van der Waals surface area contributed by atoms with Gasteiger partial charge >= 0.3 is 0 Å². The molecule has 370 valence electrons. The fourth-order valence-corrected chi connectivity index (χ4v) is 13.3. The van der Waals surface area contributed by atoms with Crippen molar-refractivity contribution in [1.29, 1.82) is 0 Å². The van der Waals surface area contributed by atoms with Crippen LogP contribution in [-0.4, -0.2) is 4.98 Å². The van der Waals surface area contributed by atoms with E-state index in [-0.39, 0.29) is 10.8 Å². The number of pyridine rings is 1. The lowest BCUT2D eigenvalue weighted by Crippen LogP contribution is -2.15. The highest BCUT2D eigenvalue weighted by atomic mass is 15.2. The molecule has 12 aromatic carbocycles. The van der Waals surface area contributed by atoms with E-state index in [9.17, 15) is 0 Å². The normalized spacial score (nSPS) is 13.6. The van der Waals surface area contributed by atoms with Gasteiger partial charge in [0.05, 0.1) is 17.4 Å². The number of hydrogen-bond donors (Lipinski definition) is 0. The molecule has 0 radical (unpaired) electrons. The van der Waals surface area contributed by atoms with Crippen molar-refractivity contribution in [2.24, 2.45) is 0 Å². The maximum Gasteiger partial charge on any atom is 0.0794 e. The van der Waals surface area contributed by atoms with Gasteiger partial charge in [-0.2, -0.15) is 0 Å². The first-order chi connectivity index (χ1) is 38.2. The van der Waals surface area contributed by atoms with Gasteiger partial charge in [0.1, 0.15) is 0 Å². The average molecular weight is 998 g/mol. The number of hydrogen-bond acceptors (Lipinski definition) is 3. The summed E-state index contributed by atoms with van der Waals surface area (Å²) >= 11 is 0. The Morgan fingerprint density at radius 3 is 1.26 bits per heavy atom.